The monoisotopic (exact) mass is 526 g/mol. The van der Waals surface area contributed by atoms with Gasteiger partial charge in [0.15, 0.2) is 0 Å². The summed E-state index contributed by atoms with van der Waals surface area (Å²) < 4.78 is 28.7. The lowest BCUT2D eigenvalue weighted by molar-refractivity contribution is 0.0532. The minimum absolute atomic E-state index is 0.0313. The molecule has 1 aliphatic rings. The number of anilines is 1. The van der Waals surface area contributed by atoms with Gasteiger partial charge in [-0.2, -0.15) is 0 Å². The molecule has 4 rings (SSSR count). The van der Waals surface area contributed by atoms with Crippen molar-refractivity contribution in [1.82, 2.24) is 14.8 Å². The second kappa shape index (κ2) is 11.2. The highest BCUT2D eigenvalue weighted by Crippen LogP contribution is 2.22. The zero-order valence-electron chi connectivity index (χ0n) is 20.4. The molecule has 2 amide bonds. The van der Waals surface area contributed by atoms with Gasteiger partial charge in [0.25, 0.3) is 21.8 Å². The zero-order chi connectivity index (χ0) is 25.7. The predicted octanol–water partition coefficient (Wildman–Crippen LogP) is 4.19. The molecule has 1 saturated heterocycles. The average Bonchev–Trinajstić information content (AvgIpc) is 3.43. The van der Waals surface area contributed by atoms with E-state index in [1.54, 1.807) is 45.8 Å². The maximum absolute atomic E-state index is 13.3. The number of thiazole rings is 1. The van der Waals surface area contributed by atoms with Gasteiger partial charge in [-0.15, -0.1) is 11.3 Å². The van der Waals surface area contributed by atoms with Crippen LogP contribution in [0.1, 0.15) is 51.7 Å². The summed E-state index contributed by atoms with van der Waals surface area (Å²) in [5.41, 5.74) is 4.71. The number of nitrogens with one attached hydrogen (secondary N) is 1. The van der Waals surface area contributed by atoms with Crippen LogP contribution in [0.2, 0.25) is 0 Å². The number of piperazine rings is 1. The minimum Gasteiger partial charge on any atom is -0.335 e. The summed E-state index contributed by atoms with van der Waals surface area (Å²) in [4.78, 5) is 33.2. The smallest absolute Gasteiger partial charge is 0.273 e. The van der Waals surface area contributed by atoms with Crippen molar-refractivity contribution in [1.29, 1.82) is 0 Å². The molecule has 2 heterocycles. The molecule has 0 unspecified atom stereocenters. The Kier molecular flexibility index (Phi) is 8.05. The first-order chi connectivity index (χ1) is 17.3. The normalized spacial score (nSPS) is 14.1. The maximum atomic E-state index is 13.3. The highest BCUT2D eigenvalue weighted by Gasteiger charge is 2.28. The molecule has 0 spiro atoms. The number of aryl methyl sites for hydroxylation is 2. The molecule has 3 aromatic rings. The number of hydrogen-bond donors (Lipinski definition) is 1. The fraction of sp³-hybridized carbons (Fsp3) is 0.346. The molecule has 0 aliphatic carbocycles. The highest BCUT2D eigenvalue weighted by molar-refractivity contribution is 7.92. The molecular formula is C26H30N4O4S2. The lowest BCUT2D eigenvalue weighted by Gasteiger charge is -2.34. The number of aromatic nitrogens is 1. The molecular weight excluding hydrogens is 496 g/mol. The summed E-state index contributed by atoms with van der Waals surface area (Å²) in [5.74, 6) is -0.386. The lowest BCUT2D eigenvalue weighted by Crippen LogP contribution is -2.50. The van der Waals surface area contributed by atoms with E-state index in [-0.39, 0.29) is 16.7 Å². The predicted molar refractivity (Wildman–Crippen MR) is 141 cm³/mol. The van der Waals surface area contributed by atoms with Crippen molar-refractivity contribution in [2.24, 2.45) is 0 Å². The van der Waals surface area contributed by atoms with Crippen molar-refractivity contribution in [2.75, 3.05) is 30.9 Å². The molecule has 1 aromatic heterocycles. The van der Waals surface area contributed by atoms with Crippen molar-refractivity contribution in [3.8, 4) is 0 Å². The third-order valence-corrected chi connectivity index (χ3v) is 8.25. The maximum Gasteiger partial charge on any atom is 0.273 e. The molecule has 0 saturated carbocycles. The highest BCUT2D eigenvalue weighted by atomic mass is 32.2. The number of sulfonamides is 1. The molecule has 0 atom stereocenters. The Bertz CT molecular complexity index is 1310. The van der Waals surface area contributed by atoms with Gasteiger partial charge in [-0.3, -0.25) is 14.3 Å². The molecule has 8 nitrogen and oxygen atoms in total. The summed E-state index contributed by atoms with van der Waals surface area (Å²) in [6.45, 7) is 5.45. The second-order valence-electron chi connectivity index (χ2n) is 8.84. The van der Waals surface area contributed by atoms with Crippen LogP contribution in [-0.4, -0.2) is 61.2 Å². The van der Waals surface area contributed by atoms with E-state index in [0.29, 0.717) is 48.7 Å². The van der Waals surface area contributed by atoms with Gasteiger partial charge in [0.05, 0.1) is 10.4 Å². The van der Waals surface area contributed by atoms with E-state index in [1.807, 2.05) is 12.1 Å². The van der Waals surface area contributed by atoms with E-state index in [0.717, 1.165) is 24.8 Å². The Morgan fingerprint density at radius 3 is 2.28 bits per heavy atom. The summed E-state index contributed by atoms with van der Waals surface area (Å²) >= 11 is 1.37. The Balaban J connectivity index is 1.44. The van der Waals surface area contributed by atoms with Crippen molar-refractivity contribution < 1.29 is 18.0 Å². The zero-order valence-corrected chi connectivity index (χ0v) is 22.1. The van der Waals surface area contributed by atoms with Gasteiger partial charge >= 0.3 is 0 Å². The van der Waals surface area contributed by atoms with E-state index in [4.69, 9.17) is 0 Å². The Morgan fingerprint density at radius 2 is 1.67 bits per heavy atom. The van der Waals surface area contributed by atoms with Gasteiger partial charge in [-0.1, -0.05) is 31.5 Å². The average molecular weight is 527 g/mol. The number of hydrogen-bond acceptors (Lipinski definition) is 6. The number of rotatable bonds is 8. The van der Waals surface area contributed by atoms with Gasteiger partial charge in [0, 0.05) is 42.8 Å². The third kappa shape index (κ3) is 5.93. The molecule has 0 bridgehead atoms. The first kappa shape index (κ1) is 25.8. The van der Waals surface area contributed by atoms with E-state index >= 15 is 0 Å². The van der Waals surface area contributed by atoms with Crippen LogP contribution in [0.25, 0.3) is 0 Å². The van der Waals surface area contributed by atoms with Crippen LogP contribution in [0, 0.1) is 6.92 Å². The van der Waals surface area contributed by atoms with Gasteiger partial charge in [-0.25, -0.2) is 13.4 Å². The molecule has 10 heteroatoms. The number of carbonyl (C=O) groups is 2. The molecule has 0 radical (unpaired) electrons. The Morgan fingerprint density at radius 1 is 1.00 bits per heavy atom. The van der Waals surface area contributed by atoms with Crippen LogP contribution in [0.15, 0.2) is 58.3 Å². The SMILES string of the molecule is CCCCc1ccc(NS(=O)(=O)c2ccc(C)c(C(=O)N3CCN(C(=O)c4cscn4)CC3)c2)cc1. The van der Waals surface area contributed by atoms with E-state index < -0.39 is 10.0 Å². The van der Waals surface area contributed by atoms with E-state index in [2.05, 4.69) is 16.6 Å². The summed E-state index contributed by atoms with van der Waals surface area (Å²) in [6, 6.07) is 12.0. The van der Waals surface area contributed by atoms with E-state index in [9.17, 15) is 18.0 Å². The number of unbranched alkanes of at least 4 members (excludes halogenated alkanes) is 1. The summed E-state index contributed by atoms with van der Waals surface area (Å²) in [7, 11) is -3.87. The van der Waals surface area contributed by atoms with Crippen molar-refractivity contribution in [2.45, 2.75) is 38.0 Å². The van der Waals surface area contributed by atoms with Crippen molar-refractivity contribution in [3.63, 3.8) is 0 Å². The lowest BCUT2D eigenvalue weighted by atomic mass is 10.1. The molecule has 1 fully saturated rings. The van der Waals surface area contributed by atoms with Gasteiger partial charge in [-0.05, 0) is 55.2 Å². The largest absolute Gasteiger partial charge is 0.335 e. The standard InChI is InChI=1S/C26H30N4O4S2/c1-3-4-5-20-7-9-21(10-8-20)28-36(33,34)22-11-6-19(2)23(16-22)25(31)29-12-14-30(15-13-29)26(32)24-17-35-18-27-24/h6-11,16-18,28H,3-5,12-15H2,1-2H3. The number of nitrogens with zero attached hydrogens (tertiary/aromatic N) is 3. The molecule has 1 aliphatic heterocycles. The summed E-state index contributed by atoms with van der Waals surface area (Å²) in [5, 5.41) is 1.71. The third-order valence-electron chi connectivity index (χ3n) is 6.28. The van der Waals surface area contributed by atoms with Crippen LogP contribution < -0.4 is 4.72 Å². The fourth-order valence-electron chi connectivity index (χ4n) is 4.10. The van der Waals surface area contributed by atoms with Gasteiger partial charge < -0.3 is 9.80 Å². The topological polar surface area (TPSA) is 99.7 Å². The first-order valence-corrected chi connectivity index (χ1v) is 14.4. The molecule has 1 N–H and O–H groups in total. The molecule has 2 aromatic carbocycles. The van der Waals surface area contributed by atoms with E-state index in [1.165, 1.54) is 23.5 Å². The molecule has 36 heavy (non-hydrogen) atoms. The summed E-state index contributed by atoms with van der Waals surface area (Å²) in [6.07, 6.45) is 3.14. The number of benzene rings is 2. The number of carbonyl (C=O) groups excluding carboxylic acids is 2. The fourth-order valence-corrected chi connectivity index (χ4v) is 5.71. The molecule has 190 valence electrons. The van der Waals surface area contributed by atoms with Gasteiger partial charge in [0.1, 0.15) is 5.69 Å². The van der Waals surface area contributed by atoms with Crippen LogP contribution in [0.5, 0.6) is 0 Å². The van der Waals surface area contributed by atoms with Crippen LogP contribution in [0.4, 0.5) is 5.69 Å². The Labute approximate surface area is 216 Å². The quantitative estimate of drug-likeness (QED) is 0.474. The van der Waals surface area contributed by atoms with Crippen LogP contribution in [-0.2, 0) is 16.4 Å². The van der Waals surface area contributed by atoms with Crippen molar-refractivity contribution >= 4 is 38.9 Å². The number of amides is 2. The van der Waals surface area contributed by atoms with Crippen molar-refractivity contribution in [3.05, 3.63) is 75.7 Å². The minimum atomic E-state index is -3.87. The Hall–Kier alpha value is -3.24. The second-order valence-corrected chi connectivity index (χ2v) is 11.2. The first-order valence-electron chi connectivity index (χ1n) is 12.0. The van der Waals surface area contributed by atoms with Crippen LogP contribution in [0.3, 0.4) is 0 Å². The van der Waals surface area contributed by atoms with Crippen LogP contribution >= 0.6 is 11.3 Å². The van der Waals surface area contributed by atoms with Gasteiger partial charge in [0.2, 0.25) is 0 Å².